The standard InChI is InChI=1S/C12H16N4/c1-8(12-14-9(2)15-16-12)7-10-3-5-11(13)6-4-10/h3-6,8H,7,13H2,1-2H3,(H,14,15,16). The molecule has 0 saturated carbocycles. The molecular formula is C12H16N4. The SMILES string of the molecule is Cc1nc(C(C)Cc2ccc(N)cc2)n[nH]1. The van der Waals surface area contributed by atoms with Gasteiger partial charge in [-0.1, -0.05) is 19.1 Å². The van der Waals surface area contributed by atoms with Crippen molar-refractivity contribution in [2.45, 2.75) is 26.2 Å². The van der Waals surface area contributed by atoms with Crippen molar-refractivity contribution in [1.82, 2.24) is 15.2 Å². The molecular weight excluding hydrogens is 200 g/mol. The zero-order chi connectivity index (χ0) is 11.5. The number of benzene rings is 1. The maximum atomic E-state index is 5.64. The summed E-state index contributed by atoms with van der Waals surface area (Å²) in [7, 11) is 0. The fourth-order valence-electron chi connectivity index (χ4n) is 1.68. The van der Waals surface area contributed by atoms with E-state index in [1.807, 2.05) is 31.2 Å². The number of rotatable bonds is 3. The van der Waals surface area contributed by atoms with Gasteiger partial charge < -0.3 is 5.73 Å². The second kappa shape index (κ2) is 4.35. The van der Waals surface area contributed by atoms with Crippen molar-refractivity contribution in [2.75, 3.05) is 5.73 Å². The van der Waals surface area contributed by atoms with Crippen LogP contribution >= 0.6 is 0 Å². The smallest absolute Gasteiger partial charge is 0.153 e. The molecule has 1 heterocycles. The second-order valence-corrected chi connectivity index (χ2v) is 4.13. The Morgan fingerprint density at radius 2 is 2.00 bits per heavy atom. The fraction of sp³-hybridized carbons (Fsp3) is 0.333. The number of nitrogens with two attached hydrogens (primary N) is 1. The monoisotopic (exact) mass is 216 g/mol. The van der Waals surface area contributed by atoms with Crippen molar-refractivity contribution in [3.63, 3.8) is 0 Å². The molecule has 16 heavy (non-hydrogen) atoms. The Kier molecular flexibility index (Phi) is 2.90. The highest BCUT2D eigenvalue weighted by Gasteiger charge is 2.11. The molecule has 3 N–H and O–H groups in total. The van der Waals surface area contributed by atoms with Gasteiger partial charge in [-0.25, -0.2) is 4.98 Å². The van der Waals surface area contributed by atoms with E-state index in [0.29, 0.717) is 5.92 Å². The number of nitrogens with one attached hydrogen (secondary N) is 1. The van der Waals surface area contributed by atoms with Crippen LogP contribution in [0.3, 0.4) is 0 Å². The summed E-state index contributed by atoms with van der Waals surface area (Å²) in [6.45, 7) is 4.03. The average molecular weight is 216 g/mol. The quantitative estimate of drug-likeness (QED) is 0.771. The summed E-state index contributed by atoms with van der Waals surface area (Å²) < 4.78 is 0. The van der Waals surface area contributed by atoms with E-state index in [1.165, 1.54) is 5.56 Å². The molecule has 4 heteroatoms. The van der Waals surface area contributed by atoms with Gasteiger partial charge in [-0.05, 0) is 31.0 Å². The van der Waals surface area contributed by atoms with E-state index >= 15 is 0 Å². The van der Waals surface area contributed by atoms with Gasteiger partial charge in [-0.15, -0.1) is 0 Å². The lowest BCUT2D eigenvalue weighted by molar-refractivity contribution is 0.702. The van der Waals surface area contributed by atoms with Gasteiger partial charge in [-0.3, -0.25) is 5.10 Å². The molecule has 0 bridgehead atoms. The first-order valence-electron chi connectivity index (χ1n) is 5.38. The Morgan fingerprint density at radius 1 is 1.31 bits per heavy atom. The number of nitrogens with zero attached hydrogens (tertiary/aromatic N) is 2. The Labute approximate surface area is 94.9 Å². The fourth-order valence-corrected chi connectivity index (χ4v) is 1.68. The number of hydrogen-bond acceptors (Lipinski definition) is 3. The molecule has 0 aliphatic rings. The number of hydrogen-bond donors (Lipinski definition) is 2. The Hall–Kier alpha value is -1.84. The van der Waals surface area contributed by atoms with Crippen LogP contribution in [0.5, 0.6) is 0 Å². The Morgan fingerprint density at radius 3 is 2.56 bits per heavy atom. The molecule has 0 saturated heterocycles. The first-order valence-corrected chi connectivity index (χ1v) is 5.38. The lowest BCUT2D eigenvalue weighted by atomic mass is 10.0. The third-order valence-corrected chi connectivity index (χ3v) is 2.58. The van der Waals surface area contributed by atoms with E-state index in [4.69, 9.17) is 5.73 Å². The van der Waals surface area contributed by atoms with Crippen molar-refractivity contribution >= 4 is 5.69 Å². The summed E-state index contributed by atoms with van der Waals surface area (Å²) in [6.07, 6.45) is 0.928. The lowest BCUT2D eigenvalue weighted by Gasteiger charge is -2.07. The lowest BCUT2D eigenvalue weighted by Crippen LogP contribution is -2.01. The maximum Gasteiger partial charge on any atom is 0.153 e. The summed E-state index contributed by atoms with van der Waals surface area (Å²) in [6, 6.07) is 7.94. The van der Waals surface area contributed by atoms with Crippen LogP contribution in [0.1, 0.15) is 30.1 Å². The molecule has 2 rings (SSSR count). The first-order chi connectivity index (χ1) is 7.65. The molecule has 1 atom stereocenters. The summed E-state index contributed by atoms with van der Waals surface area (Å²) >= 11 is 0. The summed E-state index contributed by atoms with van der Waals surface area (Å²) in [5.74, 6) is 2.04. The molecule has 0 aliphatic heterocycles. The maximum absolute atomic E-state index is 5.64. The summed E-state index contributed by atoms with van der Waals surface area (Å²) in [4.78, 5) is 4.33. The van der Waals surface area contributed by atoms with E-state index in [9.17, 15) is 0 Å². The third kappa shape index (κ3) is 2.39. The molecule has 84 valence electrons. The molecule has 0 amide bonds. The zero-order valence-electron chi connectivity index (χ0n) is 9.57. The molecule has 1 aromatic heterocycles. The van der Waals surface area contributed by atoms with Gasteiger partial charge in [-0.2, -0.15) is 5.10 Å². The second-order valence-electron chi connectivity index (χ2n) is 4.13. The molecule has 0 spiro atoms. The molecule has 1 unspecified atom stereocenters. The number of nitrogen functional groups attached to an aromatic ring is 1. The molecule has 1 aromatic carbocycles. The van der Waals surface area contributed by atoms with Crippen molar-refractivity contribution in [3.8, 4) is 0 Å². The summed E-state index contributed by atoms with van der Waals surface area (Å²) in [5, 5.41) is 7.03. The Balaban J connectivity index is 2.07. The topological polar surface area (TPSA) is 67.6 Å². The molecule has 2 aromatic rings. The van der Waals surface area contributed by atoms with E-state index in [0.717, 1.165) is 23.8 Å². The van der Waals surface area contributed by atoms with Crippen molar-refractivity contribution in [2.24, 2.45) is 0 Å². The van der Waals surface area contributed by atoms with Crippen molar-refractivity contribution in [1.29, 1.82) is 0 Å². The van der Waals surface area contributed by atoms with Crippen LogP contribution in [0.4, 0.5) is 5.69 Å². The van der Waals surface area contributed by atoms with Crippen LogP contribution in [0.15, 0.2) is 24.3 Å². The number of aryl methyl sites for hydroxylation is 1. The normalized spacial score (nSPS) is 12.6. The minimum Gasteiger partial charge on any atom is -0.399 e. The molecule has 0 fully saturated rings. The van der Waals surface area contributed by atoms with Crippen molar-refractivity contribution < 1.29 is 0 Å². The van der Waals surface area contributed by atoms with Crippen molar-refractivity contribution in [3.05, 3.63) is 41.5 Å². The van der Waals surface area contributed by atoms with Gasteiger partial charge in [0, 0.05) is 11.6 Å². The van der Waals surface area contributed by atoms with Gasteiger partial charge in [0.15, 0.2) is 5.82 Å². The van der Waals surface area contributed by atoms with Crippen LogP contribution in [0.2, 0.25) is 0 Å². The van der Waals surface area contributed by atoms with Gasteiger partial charge in [0.2, 0.25) is 0 Å². The molecule has 0 aliphatic carbocycles. The number of aromatic amines is 1. The van der Waals surface area contributed by atoms with Crippen LogP contribution in [-0.2, 0) is 6.42 Å². The van der Waals surface area contributed by atoms with Crippen LogP contribution in [-0.4, -0.2) is 15.2 Å². The molecule has 4 nitrogen and oxygen atoms in total. The van der Waals surface area contributed by atoms with Gasteiger partial charge in [0.25, 0.3) is 0 Å². The van der Waals surface area contributed by atoms with Crippen LogP contribution < -0.4 is 5.73 Å². The predicted octanol–water partition coefficient (Wildman–Crippen LogP) is 2.04. The van der Waals surface area contributed by atoms with Gasteiger partial charge in [0.05, 0.1) is 0 Å². The van der Waals surface area contributed by atoms with E-state index in [1.54, 1.807) is 0 Å². The summed E-state index contributed by atoms with van der Waals surface area (Å²) in [5.41, 5.74) is 7.69. The highest BCUT2D eigenvalue weighted by atomic mass is 15.2. The predicted molar refractivity (Wildman–Crippen MR) is 64.1 cm³/mol. The van der Waals surface area contributed by atoms with Crippen LogP contribution in [0, 0.1) is 6.92 Å². The molecule has 0 radical (unpaired) electrons. The van der Waals surface area contributed by atoms with Gasteiger partial charge in [0.1, 0.15) is 5.82 Å². The van der Waals surface area contributed by atoms with E-state index in [2.05, 4.69) is 22.1 Å². The number of anilines is 1. The third-order valence-electron chi connectivity index (χ3n) is 2.58. The van der Waals surface area contributed by atoms with E-state index < -0.39 is 0 Å². The number of H-pyrrole nitrogens is 1. The van der Waals surface area contributed by atoms with Gasteiger partial charge >= 0.3 is 0 Å². The Bertz CT molecular complexity index is 458. The van der Waals surface area contributed by atoms with Crippen LogP contribution in [0.25, 0.3) is 0 Å². The minimum atomic E-state index is 0.313. The van der Waals surface area contributed by atoms with E-state index in [-0.39, 0.29) is 0 Å². The first kappa shape index (κ1) is 10.7. The minimum absolute atomic E-state index is 0.313. The average Bonchev–Trinajstić information content (AvgIpc) is 2.68. The largest absolute Gasteiger partial charge is 0.399 e. The highest BCUT2D eigenvalue weighted by molar-refractivity contribution is 5.39. The zero-order valence-corrected chi connectivity index (χ0v) is 9.57. The number of aromatic nitrogens is 3. The highest BCUT2D eigenvalue weighted by Crippen LogP contribution is 2.17.